The molecule has 0 aliphatic heterocycles. The van der Waals surface area contributed by atoms with Crippen LogP contribution in [0.2, 0.25) is 0 Å². The Kier molecular flexibility index (Phi) is 10.9. The molecule has 1 N–H and O–H groups in total. The molecular weight excluding hydrogens is 414 g/mol. The van der Waals surface area contributed by atoms with Crippen molar-refractivity contribution in [3.05, 3.63) is 26.6 Å². The first-order valence-electron chi connectivity index (χ1n) is 7.49. The van der Waals surface area contributed by atoms with Crippen LogP contribution < -0.4 is 10.1 Å². The van der Waals surface area contributed by atoms with Crippen molar-refractivity contribution in [3.63, 3.8) is 0 Å². The molecule has 2 nitrogen and oxygen atoms in total. The maximum atomic E-state index is 5.74. The summed E-state index contributed by atoms with van der Waals surface area (Å²) < 4.78 is 7.82. The van der Waals surface area contributed by atoms with Gasteiger partial charge in [-0.15, -0.1) is 0 Å². The molecule has 1 aromatic rings. The largest absolute Gasteiger partial charge is 0.492 e. The molecule has 0 bridgehead atoms. The van der Waals surface area contributed by atoms with E-state index in [1.54, 1.807) is 0 Å². The number of ether oxygens (including phenoxy) is 1. The van der Waals surface area contributed by atoms with Crippen molar-refractivity contribution >= 4 is 43.6 Å². The second-order valence-electron chi connectivity index (χ2n) is 4.89. The highest BCUT2D eigenvalue weighted by Gasteiger charge is 2.09. The standard InChI is InChI=1S/C16H25Br2NOS/c1-3-20-16-13(10-14(17)11-15(16)18)12-19-8-6-4-5-7-9-21-2/h10-11,19H,3-9,12H2,1-2H3. The van der Waals surface area contributed by atoms with E-state index < -0.39 is 0 Å². The van der Waals surface area contributed by atoms with Crippen LogP contribution in [-0.4, -0.2) is 25.2 Å². The molecule has 0 fully saturated rings. The monoisotopic (exact) mass is 437 g/mol. The lowest BCUT2D eigenvalue weighted by Crippen LogP contribution is -2.15. The fraction of sp³-hybridized carbons (Fsp3) is 0.625. The second-order valence-corrected chi connectivity index (χ2v) is 7.65. The molecule has 0 amide bonds. The SMILES string of the molecule is CCOc1c(Br)cc(Br)cc1CNCCCCCCSC. The lowest BCUT2D eigenvalue weighted by Gasteiger charge is -2.13. The topological polar surface area (TPSA) is 21.3 Å². The molecule has 0 radical (unpaired) electrons. The molecule has 0 aliphatic carbocycles. The molecule has 0 saturated carbocycles. The number of unbranched alkanes of at least 4 members (excludes halogenated alkanes) is 3. The average molecular weight is 439 g/mol. The van der Waals surface area contributed by atoms with E-state index in [0.717, 1.165) is 27.8 Å². The molecule has 0 spiro atoms. The Morgan fingerprint density at radius 1 is 1.14 bits per heavy atom. The van der Waals surface area contributed by atoms with Crippen LogP contribution in [0.4, 0.5) is 0 Å². The number of thioether (sulfide) groups is 1. The highest BCUT2D eigenvalue weighted by atomic mass is 79.9. The maximum Gasteiger partial charge on any atom is 0.138 e. The maximum absolute atomic E-state index is 5.74. The van der Waals surface area contributed by atoms with Crippen molar-refractivity contribution in [2.45, 2.75) is 39.2 Å². The van der Waals surface area contributed by atoms with E-state index in [9.17, 15) is 0 Å². The zero-order valence-corrected chi connectivity index (χ0v) is 16.9. The van der Waals surface area contributed by atoms with Crippen LogP contribution in [-0.2, 0) is 6.54 Å². The number of rotatable bonds is 11. The molecule has 0 unspecified atom stereocenters. The van der Waals surface area contributed by atoms with Crippen LogP contribution in [0.5, 0.6) is 5.75 Å². The summed E-state index contributed by atoms with van der Waals surface area (Å²) >= 11 is 9.05. The normalized spacial score (nSPS) is 10.9. The van der Waals surface area contributed by atoms with Gasteiger partial charge < -0.3 is 10.1 Å². The molecule has 0 aliphatic rings. The fourth-order valence-corrected chi connectivity index (χ4v) is 4.04. The van der Waals surface area contributed by atoms with Gasteiger partial charge in [0.15, 0.2) is 0 Å². The van der Waals surface area contributed by atoms with E-state index in [1.165, 1.54) is 37.0 Å². The molecule has 0 saturated heterocycles. The van der Waals surface area contributed by atoms with Crippen molar-refractivity contribution in [2.24, 2.45) is 0 Å². The van der Waals surface area contributed by atoms with Gasteiger partial charge >= 0.3 is 0 Å². The van der Waals surface area contributed by atoms with Crippen molar-refractivity contribution in [1.82, 2.24) is 5.32 Å². The minimum Gasteiger partial charge on any atom is -0.492 e. The van der Waals surface area contributed by atoms with Gasteiger partial charge in [0.05, 0.1) is 11.1 Å². The second kappa shape index (κ2) is 11.8. The van der Waals surface area contributed by atoms with Gasteiger partial charge in [-0.25, -0.2) is 0 Å². The van der Waals surface area contributed by atoms with E-state index in [2.05, 4.69) is 49.5 Å². The molecular formula is C16H25Br2NOS. The Morgan fingerprint density at radius 2 is 1.90 bits per heavy atom. The lowest BCUT2D eigenvalue weighted by molar-refractivity contribution is 0.333. The minimum atomic E-state index is 0.683. The van der Waals surface area contributed by atoms with Gasteiger partial charge in [0.2, 0.25) is 0 Å². The fourth-order valence-electron chi connectivity index (χ4n) is 2.12. The Balaban J connectivity index is 2.34. The molecule has 0 atom stereocenters. The highest BCUT2D eigenvalue weighted by Crippen LogP contribution is 2.32. The Morgan fingerprint density at radius 3 is 2.62 bits per heavy atom. The van der Waals surface area contributed by atoms with E-state index in [0.29, 0.717) is 6.61 Å². The van der Waals surface area contributed by atoms with Crippen molar-refractivity contribution in [2.75, 3.05) is 25.2 Å². The van der Waals surface area contributed by atoms with Crippen LogP contribution in [0.15, 0.2) is 21.1 Å². The third-order valence-corrected chi connectivity index (χ3v) is 4.89. The smallest absolute Gasteiger partial charge is 0.138 e. The van der Waals surface area contributed by atoms with Crippen LogP contribution in [0, 0.1) is 0 Å². The summed E-state index contributed by atoms with van der Waals surface area (Å²) in [5, 5.41) is 3.52. The average Bonchev–Trinajstić information content (AvgIpc) is 2.45. The van der Waals surface area contributed by atoms with Crippen LogP contribution in [0.25, 0.3) is 0 Å². The molecule has 1 rings (SSSR count). The van der Waals surface area contributed by atoms with Crippen LogP contribution in [0.3, 0.4) is 0 Å². The van der Waals surface area contributed by atoms with Gasteiger partial charge in [0.25, 0.3) is 0 Å². The van der Waals surface area contributed by atoms with Crippen LogP contribution >= 0.6 is 43.6 Å². The van der Waals surface area contributed by atoms with Gasteiger partial charge in [-0.2, -0.15) is 11.8 Å². The summed E-state index contributed by atoms with van der Waals surface area (Å²) in [7, 11) is 0. The van der Waals surface area contributed by atoms with Gasteiger partial charge in [0.1, 0.15) is 5.75 Å². The van der Waals surface area contributed by atoms with E-state index in [4.69, 9.17) is 4.74 Å². The molecule has 21 heavy (non-hydrogen) atoms. The minimum absolute atomic E-state index is 0.683. The zero-order chi connectivity index (χ0) is 15.5. The summed E-state index contributed by atoms with van der Waals surface area (Å²) in [6.07, 6.45) is 7.42. The molecule has 5 heteroatoms. The number of benzene rings is 1. The summed E-state index contributed by atoms with van der Waals surface area (Å²) in [5.41, 5.74) is 1.19. The van der Waals surface area contributed by atoms with E-state index in [-0.39, 0.29) is 0 Å². The number of hydrogen-bond donors (Lipinski definition) is 1. The number of hydrogen-bond acceptors (Lipinski definition) is 3. The summed E-state index contributed by atoms with van der Waals surface area (Å²) in [6, 6.07) is 4.15. The highest BCUT2D eigenvalue weighted by molar-refractivity contribution is 9.11. The molecule has 0 aromatic heterocycles. The Labute approximate surface area is 150 Å². The third-order valence-electron chi connectivity index (χ3n) is 3.14. The summed E-state index contributed by atoms with van der Waals surface area (Å²) in [5.74, 6) is 2.24. The van der Waals surface area contributed by atoms with Crippen molar-refractivity contribution in [1.29, 1.82) is 0 Å². The molecule has 1 aromatic carbocycles. The first-order chi connectivity index (χ1) is 10.2. The number of halogens is 2. The van der Waals surface area contributed by atoms with Crippen molar-refractivity contribution < 1.29 is 4.74 Å². The first kappa shape index (κ1) is 19.3. The predicted octanol–water partition coefficient (Wildman–Crippen LogP) is 5.62. The van der Waals surface area contributed by atoms with E-state index >= 15 is 0 Å². The van der Waals surface area contributed by atoms with Gasteiger partial charge in [-0.1, -0.05) is 28.8 Å². The zero-order valence-electron chi connectivity index (χ0n) is 12.9. The molecule has 0 heterocycles. The molecule has 120 valence electrons. The van der Waals surface area contributed by atoms with E-state index in [1.807, 2.05) is 24.8 Å². The quantitative estimate of drug-likeness (QED) is 0.452. The number of nitrogens with one attached hydrogen (secondary N) is 1. The Hall–Kier alpha value is 0.290. The summed E-state index contributed by atoms with van der Waals surface area (Å²) in [4.78, 5) is 0. The summed E-state index contributed by atoms with van der Waals surface area (Å²) in [6.45, 7) is 4.61. The van der Waals surface area contributed by atoms with Gasteiger partial charge in [0, 0.05) is 16.6 Å². The van der Waals surface area contributed by atoms with Gasteiger partial charge in [-0.3, -0.25) is 0 Å². The third kappa shape index (κ3) is 7.91. The van der Waals surface area contributed by atoms with Crippen LogP contribution in [0.1, 0.15) is 38.2 Å². The van der Waals surface area contributed by atoms with Gasteiger partial charge in [-0.05, 0) is 66.4 Å². The Bertz CT molecular complexity index is 416. The first-order valence-corrected chi connectivity index (χ1v) is 10.5. The lowest BCUT2D eigenvalue weighted by atomic mass is 10.2. The van der Waals surface area contributed by atoms with Crippen molar-refractivity contribution in [3.8, 4) is 5.75 Å². The predicted molar refractivity (Wildman–Crippen MR) is 102 cm³/mol.